The van der Waals surface area contributed by atoms with Crippen LogP contribution in [0.25, 0.3) is 0 Å². The van der Waals surface area contributed by atoms with E-state index in [0.717, 1.165) is 18.7 Å². The van der Waals surface area contributed by atoms with Gasteiger partial charge in [0, 0.05) is 0 Å². The molecule has 1 unspecified atom stereocenters. The second-order valence-electron chi connectivity index (χ2n) is 3.71. The van der Waals surface area contributed by atoms with Crippen molar-refractivity contribution in [3.63, 3.8) is 0 Å². The van der Waals surface area contributed by atoms with Gasteiger partial charge in [0.05, 0.1) is 7.11 Å². The van der Waals surface area contributed by atoms with Gasteiger partial charge in [-0.2, -0.15) is 0 Å². The average Bonchev–Trinajstić information content (AvgIpc) is 2.18. The molecule has 0 aliphatic rings. The Morgan fingerprint density at radius 3 is 2.64 bits per heavy atom. The number of ether oxygens (including phenoxy) is 1. The van der Waals surface area contributed by atoms with Crippen molar-refractivity contribution in [2.24, 2.45) is 5.73 Å². The summed E-state index contributed by atoms with van der Waals surface area (Å²) in [7, 11) is 1.70. The summed E-state index contributed by atoms with van der Waals surface area (Å²) in [5, 5.41) is 0. The Balaban J connectivity index is 2.85. The highest BCUT2D eigenvalue weighted by atomic mass is 16.5. The average molecular weight is 193 g/mol. The molecule has 1 rings (SSSR count). The lowest BCUT2D eigenvalue weighted by molar-refractivity contribution is 0.411. The topological polar surface area (TPSA) is 35.2 Å². The Hall–Kier alpha value is -1.02. The molecule has 0 saturated heterocycles. The highest BCUT2D eigenvalue weighted by molar-refractivity contribution is 5.37. The minimum atomic E-state index is 0.532. The van der Waals surface area contributed by atoms with Crippen molar-refractivity contribution < 1.29 is 4.74 Å². The number of nitrogens with two attached hydrogens (primary N) is 1. The zero-order chi connectivity index (χ0) is 10.6. The minimum Gasteiger partial charge on any atom is -0.496 e. The molecule has 0 aromatic heterocycles. The van der Waals surface area contributed by atoms with Crippen LogP contribution in [0.1, 0.15) is 30.4 Å². The third-order valence-corrected chi connectivity index (χ3v) is 2.59. The van der Waals surface area contributed by atoms with Crippen LogP contribution >= 0.6 is 0 Å². The second kappa shape index (κ2) is 5.01. The maximum Gasteiger partial charge on any atom is 0.121 e. The Morgan fingerprint density at radius 2 is 2.14 bits per heavy atom. The van der Waals surface area contributed by atoms with Gasteiger partial charge < -0.3 is 10.5 Å². The fourth-order valence-corrected chi connectivity index (χ4v) is 1.62. The van der Waals surface area contributed by atoms with Gasteiger partial charge in [0.25, 0.3) is 0 Å². The lowest BCUT2D eigenvalue weighted by atomic mass is 9.96. The quantitative estimate of drug-likeness (QED) is 0.797. The molecule has 14 heavy (non-hydrogen) atoms. The van der Waals surface area contributed by atoms with E-state index in [1.165, 1.54) is 11.1 Å². The maximum absolute atomic E-state index is 5.54. The number of hydrogen-bond acceptors (Lipinski definition) is 2. The van der Waals surface area contributed by atoms with Gasteiger partial charge in [0.2, 0.25) is 0 Å². The molecule has 0 heterocycles. The van der Waals surface area contributed by atoms with Crippen LogP contribution in [0.3, 0.4) is 0 Å². The second-order valence-corrected chi connectivity index (χ2v) is 3.71. The highest BCUT2D eigenvalue weighted by Gasteiger charge is 2.06. The van der Waals surface area contributed by atoms with E-state index < -0.39 is 0 Å². The fraction of sp³-hybridized carbons (Fsp3) is 0.500. The van der Waals surface area contributed by atoms with Gasteiger partial charge >= 0.3 is 0 Å². The van der Waals surface area contributed by atoms with Crippen LogP contribution < -0.4 is 10.5 Å². The molecule has 1 aromatic carbocycles. The predicted octanol–water partition coefficient (Wildman–Crippen LogP) is 2.46. The SMILES string of the molecule is COc1ccc(C(C)CCN)cc1C. The minimum absolute atomic E-state index is 0.532. The van der Waals surface area contributed by atoms with Crippen molar-refractivity contribution in [1.29, 1.82) is 0 Å². The predicted molar refractivity (Wildman–Crippen MR) is 59.8 cm³/mol. The summed E-state index contributed by atoms with van der Waals surface area (Å²) in [4.78, 5) is 0. The summed E-state index contributed by atoms with van der Waals surface area (Å²) >= 11 is 0. The van der Waals surface area contributed by atoms with Crippen molar-refractivity contribution in [1.82, 2.24) is 0 Å². The van der Waals surface area contributed by atoms with Crippen molar-refractivity contribution in [2.75, 3.05) is 13.7 Å². The summed E-state index contributed by atoms with van der Waals surface area (Å²) < 4.78 is 5.21. The van der Waals surface area contributed by atoms with Crippen molar-refractivity contribution in [2.45, 2.75) is 26.2 Å². The third-order valence-electron chi connectivity index (χ3n) is 2.59. The first kappa shape index (κ1) is 11.1. The molecule has 2 nitrogen and oxygen atoms in total. The number of aryl methyl sites for hydroxylation is 1. The molecule has 0 aliphatic heterocycles. The molecule has 78 valence electrons. The molecular formula is C12H19NO. The summed E-state index contributed by atoms with van der Waals surface area (Å²) in [6.07, 6.45) is 1.03. The lowest BCUT2D eigenvalue weighted by Crippen LogP contribution is -2.04. The summed E-state index contributed by atoms with van der Waals surface area (Å²) in [6, 6.07) is 6.32. The van der Waals surface area contributed by atoms with Crippen molar-refractivity contribution in [3.05, 3.63) is 29.3 Å². The van der Waals surface area contributed by atoms with Crippen molar-refractivity contribution in [3.8, 4) is 5.75 Å². The van der Waals surface area contributed by atoms with Crippen LogP contribution in [-0.4, -0.2) is 13.7 Å². The van der Waals surface area contributed by atoms with Gasteiger partial charge in [-0.05, 0) is 43.0 Å². The van der Waals surface area contributed by atoms with Gasteiger partial charge in [-0.1, -0.05) is 19.1 Å². The first-order chi connectivity index (χ1) is 6.69. The normalized spacial score (nSPS) is 12.6. The molecule has 0 fully saturated rings. The molecule has 2 heteroatoms. The van der Waals surface area contributed by atoms with Gasteiger partial charge in [-0.15, -0.1) is 0 Å². The fourth-order valence-electron chi connectivity index (χ4n) is 1.62. The molecule has 0 radical (unpaired) electrons. The molecular weight excluding hydrogens is 174 g/mol. The van der Waals surface area contributed by atoms with E-state index in [-0.39, 0.29) is 0 Å². The molecule has 0 aliphatic carbocycles. The first-order valence-corrected chi connectivity index (χ1v) is 5.03. The monoisotopic (exact) mass is 193 g/mol. The van der Waals surface area contributed by atoms with Crippen molar-refractivity contribution >= 4 is 0 Å². The number of rotatable bonds is 4. The van der Waals surface area contributed by atoms with Gasteiger partial charge in [0.1, 0.15) is 5.75 Å². The van der Waals surface area contributed by atoms with Crippen LogP contribution in [0.15, 0.2) is 18.2 Å². The van der Waals surface area contributed by atoms with E-state index >= 15 is 0 Å². The zero-order valence-electron chi connectivity index (χ0n) is 9.21. The van der Waals surface area contributed by atoms with E-state index in [0.29, 0.717) is 5.92 Å². The van der Waals surface area contributed by atoms with E-state index in [4.69, 9.17) is 10.5 Å². The van der Waals surface area contributed by atoms with E-state index in [1.807, 2.05) is 6.07 Å². The zero-order valence-corrected chi connectivity index (χ0v) is 9.21. The Kier molecular flexibility index (Phi) is 3.96. The Labute approximate surface area is 86.1 Å². The molecule has 1 aromatic rings. The first-order valence-electron chi connectivity index (χ1n) is 5.03. The Morgan fingerprint density at radius 1 is 1.43 bits per heavy atom. The Bertz CT molecular complexity index is 296. The van der Waals surface area contributed by atoms with Gasteiger partial charge in [-0.25, -0.2) is 0 Å². The largest absolute Gasteiger partial charge is 0.496 e. The lowest BCUT2D eigenvalue weighted by Gasteiger charge is -2.12. The van der Waals surface area contributed by atoms with E-state index in [2.05, 4.69) is 26.0 Å². The van der Waals surface area contributed by atoms with Crippen LogP contribution in [0.5, 0.6) is 5.75 Å². The molecule has 0 bridgehead atoms. The van der Waals surface area contributed by atoms with Crippen LogP contribution in [0, 0.1) is 6.92 Å². The van der Waals surface area contributed by atoms with E-state index in [9.17, 15) is 0 Å². The third kappa shape index (κ3) is 2.48. The number of benzene rings is 1. The smallest absolute Gasteiger partial charge is 0.121 e. The molecule has 0 amide bonds. The molecule has 0 spiro atoms. The van der Waals surface area contributed by atoms with Crippen LogP contribution in [0.4, 0.5) is 0 Å². The number of hydrogen-bond donors (Lipinski definition) is 1. The standard InChI is InChI=1S/C12H19NO/c1-9(6-7-13)11-4-5-12(14-3)10(2)8-11/h4-5,8-9H,6-7,13H2,1-3H3. The summed E-state index contributed by atoms with van der Waals surface area (Å²) in [5.74, 6) is 1.48. The molecule has 1 atom stereocenters. The van der Waals surface area contributed by atoms with Gasteiger partial charge in [0.15, 0.2) is 0 Å². The summed E-state index contributed by atoms with van der Waals surface area (Å²) in [5.41, 5.74) is 8.07. The molecule has 2 N–H and O–H groups in total. The van der Waals surface area contributed by atoms with Crippen LogP contribution in [0.2, 0.25) is 0 Å². The summed E-state index contributed by atoms with van der Waals surface area (Å²) in [6.45, 7) is 5.01. The highest BCUT2D eigenvalue weighted by Crippen LogP contribution is 2.24. The van der Waals surface area contributed by atoms with E-state index in [1.54, 1.807) is 7.11 Å². The van der Waals surface area contributed by atoms with Crippen LogP contribution in [-0.2, 0) is 0 Å². The molecule has 0 saturated carbocycles. The maximum atomic E-state index is 5.54. The van der Waals surface area contributed by atoms with Gasteiger partial charge in [-0.3, -0.25) is 0 Å². The number of methoxy groups -OCH3 is 1.